The number of unbranched alkanes of at least 4 members (excludes halogenated alkanes) is 1. The summed E-state index contributed by atoms with van der Waals surface area (Å²) in [5.74, 6) is 0.357. The monoisotopic (exact) mass is 343 g/mol. The lowest BCUT2D eigenvalue weighted by Gasteiger charge is -2.16. The summed E-state index contributed by atoms with van der Waals surface area (Å²) in [7, 11) is 1.88. The summed E-state index contributed by atoms with van der Waals surface area (Å²) in [4.78, 5) is 11.6. The predicted molar refractivity (Wildman–Crippen MR) is 83.0 cm³/mol. The molecule has 1 rings (SSSR count). The van der Waals surface area contributed by atoms with Gasteiger partial charge in [0, 0.05) is 16.1 Å². The van der Waals surface area contributed by atoms with Crippen molar-refractivity contribution in [3.8, 4) is 5.75 Å². The molecule has 1 N–H and O–H groups in total. The third kappa shape index (κ3) is 5.51. The van der Waals surface area contributed by atoms with Crippen molar-refractivity contribution in [1.82, 2.24) is 5.32 Å². The first-order chi connectivity index (χ1) is 9.58. The van der Waals surface area contributed by atoms with E-state index >= 15 is 0 Å². The first-order valence-corrected chi connectivity index (χ1v) is 7.63. The number of rotatable bonds is 8. The van der Waals surface area contributed by atoms with E-state index in [1.165, 1.54) is 0 Å². The summed E-state index contributed by atoms with van der Waals surface area (Å²) in [5.41, 5.74) is 1.01. The molecule has 1 aromatic carbocycles. The molecule has 0 saturated heterocycles. The molecular formula is C15H22BrNO3. The van der Waals surface area contributed by atoms with Gasteiger partial charge in [0.1, 0.15) is 5.75 Å². The fourth-order valence-electron chi connectivity index (χ4n) is 1.66. The first kappa shape index (κ1) is 17.0. The van der Waals surface area contributed by atoms with Gasteiger partial charge in [-0.05, 0) is 32.5 Å². The molecule has 0 aliphatic carbocycles. The Morgan fingerprint density at radius 2 is 2.20 bits per heavy atom. The van der Waals surface area contributed by atoms with Crippen molar-refractivity contribution in [3.63, 3.8) is 0 Å². The van der Waals surface area contributed by atoms with E-state index in [-0.39, 0.29) is 18.6 Å². The molecule has 0 spiro atoms. The molecule has 0 aromatic heterocycles. The van der Waals surface area contributed by atoms with Gasteiger partial charge in [-0.25, -0.2) is 4.79 Å². The maximum absolute atomic E-state index is 11.6. The second-order valence-electron chi connectivity index (χ2n) is 4.56. The van der Waals surface area contributed by atoms with E-state index < -0.39 is 0 Å². The second kappa shape index (κ2) is 8.97. The van der Waals surface area contributed by atoms with Gasteiger partial charge in [-0.3, -0.25) is 0 Å². The van der Waals surface area contributed by atoms with Crippen LogP contribution in [0.2, 0.25) is 0 Å². The lowest BCUT2D eigenvalue weighted by molar-refractivity contribution is -0.146. The number of esters is 1. The Kier molecular flexibility index (Phi) is 7.62. The lowest BCUT2D eigenvalue weighted by atomic mass is 10.1. The van der Waals surface area contributed by atoms with Crippen LogP contribution in [-0.4, -0.2) is 26.2 Å². The molecular weight excluding hydrogens is 322 g/mol. The number of ether oxygens (including phenoxy) is 2. The summed E-state index contributed by atoms with van der Waals surface area (Å²) >= 11 is 3.41. The SMILES string of the molecule is CCCCOC(=O)COc1cc(Br)ccc1C(C)NC. The normalized spacial score (nSPS) is 12.0. The first-order valence-electron chi connectivity index (χ1n) is 6.83. The van der Waals surface area contributed by atoms with E-state index in [1.807, 2.05) is 32.2 Å². The highest BCUT2D eigenvalue weighted by molar-refractivity contribution is 9.10. The Balaban J connectivity index is 2.62. The highest BCUT2D eigenvalue weighted by Gasteiger charge is 2.12. The molecule has 112 valence electrons. The van der Waals surface area contributed by atoms with Crippen LogP contribution in [0.4, 0.5) is 0 Å². The smallest absolute Gasteiger partial charge is 0.344 e. The van der Waals surface area contributed by atoms with Crippen LogP contribution < -0.4 is 10.1 Å². The summed E-state index contributed by atoms with van der Waals surface area (Å²) in [6.07, 6.45) is 1.88. The second-order valence-corrected chi connectivity index (χ2v) is 5.47. The fraction of sp³-hybridized carbons (Fsp3) is 0.533. The molecule has 0 aliphatic heterocycles. The van der Waals surface area contributed by atoms with Crippen LogP contribution in [0.5, 0.6) is 5.75 Å². The summed E-state index contributed by atoms with van der Waals surface area (Å²) < 4.78 is 11.6. The highest BCUT2D eigenvalue weighted by Crippen LogP contribution is 2.28. The molecule has 4 nitrogen and oxygen atoms in total. The number of carbonyl (C=O) groups excluding carboxylic acids is 1. The molecule has 0 saturated carbocycles. The lowest BCUT2D eigenvalue weighted by Crippen LogP contribution is -2.18. The maximum Gasteiger partial charge on any atom is 0.344 e. The standard InChI is InChI=1S/C15H22BrNO3/c1-4-5-8-19-15(18)10-20-14-9-12(16)6-7-13(14)11(2)17-3/h6-7,9,11,17H,4-5,8,10H2,1-3H3. The van der Waals surface area contributed by atoms with Gasteiger partial charge in [-0.15, -0.1) is 0 Å². The number of nitrogens with one attached hydrogen (secondary N) is 1. The van der Waals surface area contributed by atoms with Crippen molar-refractivity contribution in [2.75, 3.05) is 20.3 Å². The van der Waals surface area contributed by atoms with E-state index in [4.69, 9.17) is 9.47 Å². The fourth-order valence-corrected chi connectivity index (χ4v) is 2.00. The molecule has 20 heavy (non-hydrogen) atoms. The van der Waals surface area contributed by atoms with Gasteiger partial charge in [-0.1, -0.05) is 35.3 Å². The van der Waals surface area contributed by atoms with Gasteiger partial charge in [-0.2, -0.15) is 0 Å². The molecule has 0 amide bonds. The van der Waals surface area contributed by atoms with Crippen LogP contribution >= 0.6 is 15.9 Å². The molecule has 0 fully saturated rings. The molecule has 0 aliphatic rings. The zero-order valence-electron chi connectivity index (χ0n) is 12.2. The van der Waals surface area contributed by atoms with Gasteiger partial charge in [0.25, 0.3) is 0 Å². The van der Waals surface area contributed by atoms with E-state index in [0.29, 0.717) is 12.4 Å². The van der Waals surface area contributed by atoms with Crippen LogP contribution in [0, 0.1) is 0 Å². The number of carbonyl (C=O) groups is 1. The van der Waals surface area contributed by atoms with E-state index in [2.05, 4.69) is 28.2 Å². The van der Waals surface area contributed by atoms with Crippen molar-refractivity contribution in [3.05, 3.63) is 28.2 Å². The molecule has 1 unspecified atom stereocenters. The molecule has 1 aromatic rings. The molecule has 1 atom stereocenters. The third-order valence-corrected chi connectivity index (χ3v) is 3.47. The quantitative estimate of drug-likeness (QED) is 0.580. The van der Waals surface area contributed by atoms with Crippen molar-refractivity contribution >= 4 is 21.9 Å². The minimum Gasteiger partial charge on any atom is -0.482 e. The minimum absolute atomic E-state index is 0.0659. The zero-order chi connectivity index (χ0) is 15.0. The average Bonchev–Trinajstić information content (AvgIpc) is 2.44. The Morgan fingerprint density at radius 3 is 2.85 bits per heavy atom. The van der Waals surface area contributed by atoms with Crippen LogP contribution in [0.15, 0.2) is 22.7 Å². The van der Waals surface area contributed by atoms with Crippen molar-refractivity contribution in [2.24, 2.45) is 0 Å². The molecule has 0 radical (unpaired) electrons. The van der Waals surface area contributed by atoms with Crippen LogP contribution in [0.1, 0.15) is 38.3 Å². The maximum atomic E-state index is 11.6. The summed E-state index contributed by atoms with van der Waals surface area (Å²) in [6, 6.07) is 5.94. The van der Waals surface area contributed by atoms with Gasteiger partial charge >= 0.3 is 5.97 Å². The van der Waals surface area contributed by atoms with Crippen LogP contribution in [0.25, 0.3) is 0 Å². The zero-order valence-corrected chi connectivity index (χ0v) is 13.8. The van der Waals surface area contributed by atoms with Gasteiger partial charge < -0.3 is 14.8 Å². The van der Waals surface area contributed by atoms with Gasteiger partial charge in [0.05, 0.1) is 6.61 Å². The number of halogens is 1. The Morgan fingerprint density at radius 1 is 1.45 bits per heavy atom. The van der Waals surface area contributed by atoms with Gasteiger partial charge in [0.2, 0.25) is 0 Å². The Hall–Kier alpha value is -1.07. The van der Waals surface area contributed by atoms with Crippen molar-refractivity contribution < 1.29 is 14.3 Å². The third-order valence-electron chi connectivity index (χ3n) is 2.98. The summed E-state index contributed by atoms with van der Waals surface area (Å²) in [5, 5.41) is 3.16. The predicted octanol–water partition coefficient (Wildman–Crippen LogP) is 3.45. The van der Waals surface area contributed by atoms with Crippen molar-refractivity contribution in [1.29, 1.82) is 0 Å². The summed E-state index contributed by atoms with van der Waals surface area (Å²) in [6.45, 7) is 4.48. The van der Waals surface area contributed by atoms with E-state index in [9.17, 15) is 4.79 Å². The number of hydrogen-bond donors (Lipinski definition) is 1. The molecule has 0 heterocycles. The van der Waals surface area contributed by atoms with E-state index in [1.54, 1.807) is 0 Å². The van der Waals surface area contributed by atoms with Crippen molar-refractivity contribution in [2.45, 2.75) is 32.7 Å². The van der Waals surface area contributed by atoms with Gasteiger partial charge in [0.15, 0.2) is 6.61 Å². The topological polar surface area (TPSA) is 47.6 Å². The van der Waals surface area contributed by atoms with Crippen LogP contribution in [-0.2, 0) is 9.53 Å². The Labute approximate surface area is 129 Å². The largest absolute Gasteiger partial charge is 0.482 e. The van der Waals surface area contributed by atoms with E-state index in [0.717, 1.165) is 22.9 Å². The molecule has 5 heteroatoms. The van der Waals surface area contributed by atoms with Crippen LogP contribution in [0.3, 0.4) is 0 Å². The Bertz CT molecular complexity index is 437. The number of benzene rings is 1. The average molecular weight is 344 g/mol. The highest BCUT2D eigenvalue weighted by atomic mass is 79.9. The molecule has 0 bridgehead atoms. The minimum atomic E-state index is -0.332. The number of hydrogen-bond acceptors (Lipinski definition) is 4.